The predicted molar refractivity (Wildman–Crippen MR) is 102 cm³/mol. The summed E-state index contributed by atoms with van der Waals surface area (Å²) in [5.41, 5.74) is 3.25. The first-order valence-corrected chi connectivity index (χ1v) is 9.48. The van der Waals surface area contributed by atoms with Crippen molar-refractivity contribution in [1.82, 2.24) is 29.8 Å². The minimum absolute atomic E-state index is 0.571. The van der Waals surface area contributed by atoms with Crippen molar-refractivity contribution < 1.29 is 0 Å². The second-order valence-corrected chi connectivity index (χ2v) is 6.82. The van der Waals surface area contributed by atoms with E-state index in [1.54, 1.807) is 11.3 Å². The average Bonchev–Trinajstić information content (AvgIpc) is 3.24. The largest absolute Gasteiger partial charge is 0.357 e. The lowest BCUT2D eigenvalue weighted by Crippen LogP contribution is -2.38. The molecular weight excluding hydrogens is 334 g/mol. The molecule has 0 aromatic carbocycles. The summed E-state index contributed by atoms with van der Waals surface area (Å²) >= 11 is 1.63. The van der Waals surface area contributed by atoms with Gasteiger partial charge in [-0.1, -0.05) is 0 Å². The molecule has 0 aliphatic heterocycles. The Morgan fingerprint density at radius 2 is 2.20 bits per heavy atom. The third kappa shape index (κ3) is 4.60. The molecule has 7 nitrogen and oxygen atoms in total. The van der Waals surface area contributed by atoms with Gasteiger partial charge in [0.2, 0.25) is 0 Å². The summed E-state index contributed by atoms with van der Waals surface area (Å²) in [4.78, 5) is 10.2. The van der Waals surface area contributed by atoms with Crippen molar-refractivity contribution in [3.63, 3.8) is 0 Å². The van der Waals surface area contributed by atoms with Crippen LogP contribution < -0.4 is 10.6 Å². The van der Waals surface area contributed by atoms with Gasteiger partial charge in [-0.3, -0.25) is 9.08 Å². The second-order valence-electron chi connectivity index (χ2n) is 5.95. The number of thiazole rings is 1. The molecule has 8 heteroatoms. The van der Waals surface area contributed by atoms with E-state index >= 15 is 0 Å². The second kappa shape index (κ2) is 8.15. The summed E-state index contributed by atoms with van der Waals surface area (Å²) in [6, 6.07) is 2.11. The fraction of sp³-hybridized carbons (Fsp3) is 0.471. The van der Waals surface area contributed by atoms with Gasteiger partial charge in [0.25, 0.3) is 0 Å². The van der Waals surface area contributed by atoms with Gasteiger partial charge in [-0.2, -0.15) is 5.10 Å². The number of imidazole rings is 1. The molecule has 2 N–H and O–H groups in total. The van der Waals surface area contributed by atoms with Gasteiger partial charge in [0.15, 0.2) is 10.9 Å². The third-order valence-electron chi connectivity index (χ3n) is 3.83. The lowest BCUT2D eigenvalue weighted by atomic mass is 10.4. The maximum Gasteiger partial charge on any atom is 0.193 e. The minimum Gasteiger partial charge on any atom is -0.357 e. The number of hydrogen-bond acceptors (Lipinski definition) is 4. The molecule has 0 atom stereocenters. The highest BCUT2D eigenvalue weighted by Gasteiger charge is 2.04. The van der Waals surface area contributed by atoms with Crippen LogP contribution in [0.25, 0.3) is 4.96 Å². The van der Waals surface area contributed by atoms with Gasteiger partial charge in [0, 0.05) is 43.1 Å². The first-order valence-electron chi connectivity index (χ1n) is 8.60. The molecular formula is C17H25N7S. The molecule has 0 radical (unpaired) electrons. The van der Waals surface area contributed by atoms with Gasteiger partial charge in [0.1, 0.15) is 0 Å². The number of nitrogens with zero attached hydrogens (tertiary/aromatic N) is 5. The monoisotopic (exact) mass is 359 g/mol. The Morgan fingerprint density at radius 3 is 2.92 bits per heavy atom. The highest BCUT2D eigenvalue weighted by molar-refractivity contribution is 7.15. The minimum atomic E-state index is 0.571. The number of aryl methyl sites for hydroxylation is 3. The molecule has 3 aromatic rings. The van der Waals surface area contributed by atoms with Crippen LogP contribution in [0.4, 0.5) is 0 Å². The number of aliphatic imine (C=N–C) groups is 1. The number of guanidine groups is 1. The third-order valence-corrected chi connectivity index (χ3v) is 4.60. The van der Waals surface area contributed by atoms with E-state index in [-0.39, 0.29) is 0 Å². The quantitative estimate of drug-likeness (QED) is 0.386. The van der Waals surface area contributed by atoms with Gasteiger partial charge in [-0.05, 0) is 33.3 Å². The molecule has 0 unspecified atom stereocenters. The number of rotatable bonds is 7. The maximum atomic E-state index is 4.63. The van der Waals surface area contributed by atoms with Crippen molar-refractivity contribution in [3.05, 3.63) is 40.9 Å². The molecule has 134 valence electrons. The van der Waals surface area contributed by atoms with Crippen LogP contribution in [0.15, 0.2) is 28.8 Å². The van der Waals surface area contributed by atoms with Gasteiger partial charge < -0.3 is 10.6 Å². The Morgan fingerprint density at radius 1 is 1.32 bits per heavy atom. The first kappa shape index (κ1) is 17.5. The Hall–Kier alpha value is -2.35. The van der Waals surface area contributed by atoms with E-state index in [4.69, 9.17) is 0 Å². The van der Waals surface area contributed by atoms with Crippen LogP contribution in [-0.4, -0.2) is 38.2 Å². The molecule has 0 aliphatic rings. The standard InChI is InChI=1S/C17H25N7S/c1-4-18-16(19-6-5-7-24-14(3)10-13(2)22-24)20-11-15-12-23-8-9-25-17(23)21-15/h8-10,12H,4-7,11H2,1-3H3,(H2,18,19,20). The molecule has 0 fully saturated rings. The van der Waals surface area contributed by atoms with Crippen molar-refractivity contribution in [3.8, 4) is 0 Å². The summed E-state index contributed by atoms with van der Waals surface area (Å²) < 4.78 is 4.09. The van der Waals surface area contributed by atoms with E-state index in [0.717, 1.165) is 48.4 Å². The molecule has 25 heavy (non-hydrogen) atoms. The number of aromatic nitrogens is 4. The molecule has 0 bridgehead atoms. The van der Waals surface area contributed by atoms with Crippen LogP contribution in [0.2, 0.25) is 0 Å². The zero-order valence-electron chi connectivity index (χ0n) is 15.0. The van der Waals surface area contributed by atoms with Crippen LogP contribution in [-0.2, 0) is 13.1 Å². The normalized spacial score (nSPS) is 12.0. The van der Waals surface area contributed by atoms with Crippen LogP contribution in [0.3, 0.4) is 0 Å². The van der Waals surface area contributed by atoms with Gasteiger partial charge >= 0.3 is 0 Å². The zero-order chi connectivity index (χ0) is 17.6. The molecule has 3 rings (SSSR count). The summed E-state index contributed by atoms with van der Waals surface area (Å²) in [5, 5.41) is 13.2. The molecule has 0 spiro atoms. The van der Waals surface area contributed by atoms with Crippen LogP contribution in [0.5, 0.6) is 0 Å². The van der Waals surface area contributed by atoms with E-state index in [0.29, 0.717) is 6.54 Å². The number of hydrogen-bond donors (Lipinski definition) is 2. The van der Waals surface area contributed by atoms with Gasteiger partial charge in [-0.25, -0.2) is 9.98 Å². The Bertz CT molecular complexity index is 814. The maximum absolute atomic E-state index is 4.63. The summed E-state index contributed by atoms with van der Waals surface area (Å²) in [5.74, 6) is 0.826. The van der Waals surface area contributed by atoms with E-state index in [1.165, 1.54) is 5.69 Å². The lowest BCUT2D eigenvalue weighted by molar-refractivity contribution is 0.555. The van der Waals surface area contributed by atoms with Crippen LogP contribution in [0.1, 0.15) is 30.4 Å². The molecule has 0 saturated carbocycles. The Kier molecular flexibility index (Phi) is 5.70. The fourth-order valence-corrected chi connectivity index (χ4v) is 3.41. The van der Waals surface area contributed by atoms with Crippen molar-refractivity contribution in [2.75, 3.05) is 13.1 Å². The van der Waals surface area contributed by atoms with Crippen molar-refractivity contribution in [2.45, 2.75) is 40.3 Å². The van der Waals surface area contributed by atoms with Crippen LogP contribution in [0, 0.1) is 13.8 Å². The van der Waals surface area contributed by atoms with E-state index in [9.17, 15) is 0 Å². The van der Waals surface area contributed by atoms with Crippen molar-refractivity contribution >= 4 is 22.3 Å². The molecule has 0 aliphatic carbocycles. The van der Waals surface area contributed by atoms with E-state index in [1.807, 2.05) is 29.1 Å². The lowest BCUT2D eigenvalue weighted by Gasteiger charge is -2.11. The van der Waals surface area contributed by atoms with Gasteiger partial charge in [0.05, 0.1) is 17.9 Å². The summed E-state index contributed by atoms with van der Waals surface area (Å²) in [6.07, 6.45) is 5.04. The predicted octanol–water partition coefficient (Wildman–Crippen LogP) is 2.35. The average molecular weight is 360 g/mol. The van der Waals surface area contributed by atoms with Crippen molar-refractivity contribution in [2.24, 2.45) is 4.99 Å². The molecule has 0 amide bonds. The van der Waals surface area contributed by atoms with Crippen molar-refractivity contribution in [1.29, 1.82) is 0 Å². The first-order chi connectivity index (χ1) is 12.2. The topological polar surface area (TPSA) is 71.5 Å². The SMILES string of the molecule is CCNC(=NCc1cn2ccsc2n1)NCCCn1nc(C)cc1C. The zero-order valence-corrected chi connectivity index (χ0v) is 15.8. The number of nitrogens with one attached hydrogen (secondary N) is 2. The number of fused-ring (bicyclic) bond motifs is 1. The smallest absolute Gasteiger partial charge is 0.193 e. The van der Waals surface area contributed by atoms with E-state index < -0.39 is 0 Å². The Balaban J connectivity index is 1.50. The Labute approximate surface area is 151 Å². The van der Waals surface area contributed by atoms with Gasteiger partial charge in [-0.15, -0.1) is 11.3 Å². The van der Waals surface area contributed by atoms with Crippen LogP contribution >= 0.6 is 11.3 Å². The summed E-state index contributed by atoms with van der Waals surface area (Å²) in [6.45, 7) is 9.35. The molecule has 0 saturated heterocycles. The highest BCUT2D eigenvalue weighted by Crippen LogP contribution is 2.11. The molecule has 3 heterocycles. The highest BCUT2D eigenvalue weighted by atomic mass is 32.1. The summed E-state index contributed by atoms with van der Waals surface area (Å²) in [7, 11) is 0. The molecule has 3 aromatic heterocycles. The van der Waals surface area contributed by atoms with E-state index in [2.05, 4.69) is 50.3 Å². The fourth-order valence-electron chi connectivity index (χ4n) is 2.69.